The number of hydrogen-bond donors (Lipinski definition) is 1. The minimum absolute atomic E-state index is 0.277. The van der Waals surface area contributed by atoms with Crippen LogP contribution in [0, 0.1) is 6.92 Å². The Morgan fingerprint density at radius 2 is 1.89 bits per heavy atom. The van der Waals surface area contributed by atoms with Crippen LogP contribution in [0.1, 0.15) is 22.4 Å². The molecule has 28 heavy (non-hydrogen) atoms. The van der Waals surface area contributed by atoms with Gasteiger partial charge in [0.2, 0.25) is 0 Å². The summed E-state index contributed by atoms with van der Waals surface area (Å²) in [6.45, 7) is 5.52. The Bertz CT molecular complexity index is 1060. The third-order valence-corrected chi connectivity index (χ3v) is 5.09. The van der Waals surface area contributed by atoms with E-state index in [0.717, 1.165) is 11.1 Å². The Labute approximate surface area is 169 Å². The molecule has 0 atom stereocenters. The number of aromatic nitrogens is 1. The molecule has 3 aromatic rings. The smallest absolute Gasteiger partial charge is 0.497 e. The first-order chi connectivity index (χ1) is 13.1. The molecule has 1 aromatic heterocycles. The third-order valence-electron chi connectivity index (χ3n) is 4.31. The number of H-pyrrole nitrogens is 1. The molecule has 1 heterocycles. The van der Waals surface area contributed by atoms with E-state index in [2.05, 4.69) is 16.3 Å². The van der Waals surface area contributed by atoms with Crippen molar-refractivity contribution in [2.45, 2.75) is 19.7 Å². The first kappa shape index (κ1) is 20.4. The maximum Gasteiger partial charge on any atom is 0.573 e. The van der Waals surface area contributed by atoms with Gasteiger partial charge >= 0.3 is 6.36 Å². The number of aryl methyl sites for hydroxylation is 1. The van der Waals surface area contributed by atoms with Crippen LogP contribution in [0.2, 0.25) is 10.0 Å². The summed E-state index contributed by atoms with van der Waals surface area (Å²) in [4.78, 5) is 3.11. The van der Waals surface area contributed by atoms with Gasteiger partial charge in [-0.15, -0.1) is 13.2 Å². The van der Waals surface area contributed by atoms with E-state index in [4.69, 9.17) is 27.9 Å². The molecule has 8 heteroatoms. The van der Waals surface area contributed by atoms with Crippen molar-refractivity contribution in [2.24, 2.45) is 0 Å². The van der Waals surface area contributed by atoms with E-state index < -0.39 is 6.36 Å². The average Bonchev–Trinajstić information content (AvgIpc) is 2.99. The van der Waals surface area contributed by atoms with Gasteiger partial charge in [-0.25, -0.2) is 0 Å². The number of alkyl halides is 3. The lowest BCUT2D eigenvalue weighted by atomic mass is 10.0. The third kappa shape index (κ3) is 4.23. The first-order valence-corrected chi connectivity index (χ1v) is 8.92. The molecule has 2 aromatic carbocycles. The number of aromatic amines is 1. The minimum Gasteiger partial charge on any atom is -0.497 e. The van der Waals surface area contributed by atoms with Gasteiger partial charge in [0, 0.05) is 39.7 Å². The first-order valence-electron chi connectivity index (χ1n) is 8.17. The van der Waals surface area contributed by atoms with Crippen LogP contribution in [0.25, 0.3) is 16.7 Å². The van der Waals surface area contributed by atoms with Crippen molar-refractivity contribution in [1.82, 2.24) is 4.98 Å². The molecule has 0 bridgehead atoms. The second-order valence-electron chi connectivity index (χ2n) is 6.24. The lowest BCUT2D eigenvalue weighted by Gasteiger charge is -2.12. The van der Waals surface area contributed by atoms with E-state index in [1.54, 1.807) is 19.1 Å². The molecule has 0 unspecified atom stereocenters. The Balaban J connectivity index is 2.00. The number of ether oxygens (including phenoxy) is 2. The molecule has 0 aliphatic carbocycles. The van der Waals surface area contributed by atoms with E-state index in [1.807, 2.05) is 6.07 Å². The summed E-state index contributed by atoms with van der Waals surface area (Å²) >= 11 is 12.8. The molecule has 0 spiro atoms. The fourth-order valence-electron chi connectivity index (χ4n) is 3.01. The molecule has 0 radical (unpaired) electrons. The zero-order valence-corrected chi connectivity index (χ0v) is 16.5. The van der Waals surface area contributed by atoms with Gasteiger partial charge in [0.1, 0.15) is 11.5 Å². The number of benzene rings is 2. The van der Waals surface area contributed by atoms with Crippen molar-refractivity contribution in [3.63, 3.8) is 0 Å². The van der Waals surface area contributed by atoms with Gasteiger partial charge in [-0.05, 0) is 42.3 Å². The summed E-state index contributed by atoms with van der Waals surface area (Å²) in [6.07, 6.45) is -4.40. The van der Waals surface area contributed by atoms with E-state index in [0.29, 0.717) is 44.4 Å². The van der Waals surface area contributed by atoms with Crippen LogP contribution in [0.4, 0.5) is 13.2 Å². The van der Waals surface area contributed by atoms with Crippen molar-refractivity contribution in [2.75, 3.05) is 7.11 Å². The number of rotatable bonds is 5. The molecule has 0 fully saturated rings. The number of hydrogen-bond acceptors (Lipinski definition) is 2. The van der Waals surface area contributed by atoms with Gasteiger partial charge in [0.05, 0.1) is 12.1 Å². The van der Waals surface area contributed by atoms with Crippen LogP contribution >= 0.6 is 23.2 Å². The number of nitrogens with one attached hydrogen (secondary N) is 1. The molecule has 3 nitrogen and oxygen atoms in total. The van der Waals surface area contributed by atoms with E-state index in [1.165, 1.54) is 19.2 Å². The molecule has 0 saturated heterocycles. The molecule has 3 rings (SSSR count). The van der Waals surface area contributed by atoms with E-state index in [-0.39, 0.29) is 5.75 Å². The number of methoxy groups -OCH3 is 1. The summed E-state index contributed by atoms with van der Waals surface area (Å²) in [5.41, 5.74) is 3.20. The predicted octanol–water partition coefficient (Wildman–Crippen LogP) is 6.89. The predicted molar refractivity (Wildman–Crippen MR) is 105 cm³/mol. The van der Waals surface area contributed by atoms with Crippen molar-refractivity contribution >= 4 is 39.9 Å². The highest BCUT2D eigenvalue weighted by Gasteiger charge is 2.31. The van der Waals surface area contributed by atoms with Crippen LogP contribution < -0.4 is 4.74 Å². The molecule has 0 aliphatic heterocycles. The Kier molecular flexibility index (Phi) is 5.55. The minimum atomic E-state index is -4.75. The molecule has 0 saturated carbocycles. The highest BCUT2D eigenvalue weighted by Crippen LogP contribution is 2.35. The van der Waals surface area contributed by atoms with E-state index >= 15 is 0 Å². The van der Waals surface area contributed by atoms with Crippen molar-refractivity contribution in [1.29, 1.82) is 0 Å². The standard InChI is InChI=1S/C20H16Cl2F3NO2/c1-10-6-13(28-20(23,24)25)9-18-15(10)7-12(26-18)8-16-17(21)5-4-14(19(16)22)11(2)27-3/h4-7,9,26H,2,8H2,1,3H3. The fourth-order valence-corrected chi connectivity index (χ4v) is 3.62. The zero-order chi connectivity index (χ0) is 20.6. The largest absolute Gasteiger partial charge is 0.573 e. The summed E-state index contributed by atoms with van der Waals surface area (Å²) in [7, 11) is 1.49. The normalized spacial score (nSPS) is 11.7. The van der Waals surface area contributed by atoms with Crippen molar-refractivity contribution < 1.29 is 22.6 Å². The number of halogens is 5. The zero-order valence-electron chi connectivity index (χ0n) is 15.0. The van der Waals surface area contributed by atoms with Crippen LogP contribution in [0.5, 0.6) is 5.75 Å². The molecule has 1 N–H and O–H groups in total. The molecular formula is C20H16Cl2F3NO2. The molecule has 148 valence electrons. The van der Waals surface area contributed by atoms with Gasteiger partial charge < -0.3 is 14.5 Å². The van der Waals surface area contributed by atoms with Crippen LogP contribution in [0.15, 0.2) is 36.9 Å². The Morgan fingerprint density at radius 1 is 1.18 bits per heavy atom. The lowest BCUT2D eigenvalue weighted by molar-refractivity contribution is -0.274. The molecular weight excluding hydrogens is 414 g/mol. The molecule has 0 amide bonds. The maximum atomic E-state index is 12.5. The summed E-state index contributed by atoms with van der Waals surface area (Å²) in [6, 6.07) is 7.93. The summed E-state index contributed by atoms with van der Waals surface area (Å²) < 4.78 is 46.7. The van der Waals surface area contributed by atoms with Crippen LogP contribution in [-0.2, 0) is 11.2 Å². The topological polar surface area (TPSA) is 34.2 Å². The van der Waals surface area contributed by atoms with Gasteiger partial charge in [-0.2, -0.15) is 0 Å². The van der Waals surface area contributed by atoms with E-state index in [9.17, 15) is 13.2 Å². The van der Waals surface area contributed by atoms with Gasteiger partial charge in [-0.1, -0.05) is 29.8 Å². The highest BCUT2D eigenvalue weighted by atomic mass is 35.5. The van der Waals surface area contributed by atoms with Crippen LogP contribution in [0.3, 0.4) is 0 Å². The van der Waals surface area contributed by atoms with Crippen molar-refractivity contribution in [3.8, 4) is 5.75 Å². The quantitative estimate of drug-likeness (QED) is 0.448. The van der Waals surface area contributed by atoms with Gasteiger partial charge in [0.15, 0.2) is 0 Å². The number of fused-ring (bicyclic) bond motifs is 1. The van der Waals surface area contributed by atoms with Crippen LogP contribution in [-0.4, -0.2) is 18.5 Å². The lowest BCUT2D eigenvalue weighted by Crippen LogP contribution is -2.17. The second-order valence-corrected chi connectivity index (χ2v) is 7.02. The second kappa shape index (κ2) is 7.60. The highest BCUT2D eigenvalue weighted by molar-refractivity contribution is 6.37. The van der Waals surface area contributed by atoms with Gasteiger partial charge in [0.25, 0.3) is 0 Å². The monoisotopic (exact) mass is 429 g/mol. The Hall–Kier alpha value is -2.31. The SMILES string of the molecule is C=C(OC)c1ccc(Cl)c(Cc2cc3c(C)cc(OC(F)(F)F)cc3[nH]2)c1Cl. The Morgan fingerprint density at radius 3 is 2.54 bits per heavy atom. The summed E-state index contributed by atoms with van der Waals surface area (Å²) in [5.74, 6) is 0.129. The molecule has 0 aliphatic rings. The fraction of sp³-hybridized carbons (Fsp3) is 0.200. The van der Waals surface area contributed by atoms with Crippen molar-refractivity contribution in [3.05, 3.63) is 69.3 Å². The maximum absolute atomic E-state index is 12.5. The van der Waals surface area contributed by atoms with Gasteiger partial charge in [-0.3, -0.25) is 0 Å². The summed E-state index contributed by atoms with van der Waals surface area (Å²) in [5, 5.41) is 1.67. The average molecular weight is 430 g/mol.